The Kier molecular flexibility index (Phi) is 4.87. The van der Waals surface area contributed by atoms with Gasteiger partial charge in [-0.1, -0.05) is 0 Å². The molecule has 1 fully saturated rings. The molecule has 0 unspecified atom stereocenters. The van der Waals surface area contributed by atoms with Crippen molar-refractivity contribution in [1.29, 1.82) is 0 Å². The summed E-state index contributed by atoms with van der Waals surface area (Å²) < 4.78 is 19.4. The highest BCUT2D eigenvalue weighted by atomic mass is 19.1. The SMILES string of the molecule is COc1ccc(F)cc1-c1ccnc2[nH]c(C3(O)CCN(C(C)(C)C)CC3)cc12. The van der Waals surface area contributed by atoms with Gasteiger partial charge in [0.1, 0.15) is 22.8 Å². The van der Waals surface area contributed by atoms with Crippen molar-refractivity contribution in [1.82, 2.24) is 14.9 Å². The lowest BCUT2D eigenvalue weighted by molar-refractivity contribution is -0.0485. The molecule has 2 N–H and O–H groups in total. The third-order valence-corrected chi connectivity index (χ3v) is 6.02. The summed E-state index contributed by atoms with van der Waals surface area (Å²) in [5, 5.41) is 12.2. The molecule has 3 heterocycles. The molecule has 1 aromatic carbocycles. The number of ether oxygens (including phenoxy) is 1. The van der Waals surface area contributed by atoms with Gasteiger partial charge in [0.25, 0.3) is 0 Å². The van der Waals surface area contributed by atoms with E-state index in [0.717, 1.165) is 29.7 Å². The highest BCUT2D eigenvalue weighted by Crippen LogP contribution is 2.39. The molecule has 4 rings (SSSR count). The average molecular weight is 397 g/mol. The smallest absolute Gasteiger partial charge is 0.138 e. The fraction of sp³-hybridized carbons (Fsp3) is 0.435. The lowest BCUT2D eigenvalue weighted by atomic mass is 9.86. The predicted molar refractivity (Wildman–Crippen MR) is 112 cm³/mol. The number of piperidine rings is 1. The van der Waals surface area contributed by atoms with Crippen LogP contribution in [0.5, 0.6) is 5.75 Å². The summed E-state index contributed by atoms with van der Waals surface area (Å²) in [7, 11) is 1.57. The van der Waals surface area contributed by atoms with Crippen LogP contribution in [-0.4, -0.2) is 45.7 Å². The summed E-state index contributed by atoms with van der Waals surface area (Å²) in [4.78, 5) is 10.1. The van der Waals surface area contributed by atoms with E-state index < -0.39 is 5.60 Å². The second kappa shape index (κ2) is 7.11. The van der Waals surface area contributed by atoms with E-state index in [2.05, 4.69) is 35.6 Å². The number of halogens is 1. The number of likely N-dealkylation sites (tertiary alicyclic amines) is 1. The standard InChI is InChI=1S/C23H28FN3O2/c1-22(2,3)27-11-8-23(28,9-12-27)20-14-18-16(7-10-25-21(18)26-20)17-13-15(24)5-6-19(17)29-4/h5-7,10,13-14,28H,8-9,11-12H2,1-4H3,(H,25,26). The van der Waals surface area contributed by atoms with E-state index in [9.17, 15) is 9.50 Å². The molecular formula is C23H28FN3O2. The van der Waals surface area contributed by atoms with Crippen molar-refractivity contribution in [3.63, 3.8) is 0 Å². The van der Waals surface area contributed by atoms with Gasteiger partial charge in [0.15, 0.2) is 0 Å². The van der Waals surface area contributed by atoms with Crippen molar-refractivity contribution in [2.24, 2.45) is 0 Å². The Morgan fingerprint density at radius 3 is 2.52 bits per heavy atom. The number of nitrogens with zero attached hydrogens (tertiary/aromatic N) is 2. The van der Waals surface area contributed by atoms with Crippen molar-refractivity contribution >= 4 is 11.0 Å². The Bertz CT molecular complexity index is 1030. The number of hydrogen-bond acceptors (Lipinski definition) is 4. The van der Waals surface area contributed by atoms with Gasteiger partial charge >= 0.3 is 0 Å². The second-order valence-electron chi connectivity index (χ2n) is 8.84. The minimum absolute atomic E-state index is 0.0877. The van der Waals surface area contributed by atoms with Gasteiger partial charge in [-0.15, -0.1) is 0 Å². The van der Waals surface area contributed by atoms with Crippen molar-refractivity contribution < 1.29 is 14.2 Å². The summed E-state index contributed by atoms with van der Waals surface area (Å²) in [5.74, 6) is 0.272. The van der Waals surface area contributed by atoms with Gasteiger partial charge in [-0.05, 0) is 69.5 Å². The van der Waals surface area contributed by atoms with Crippen molar-refractivity contribution in [2.45, 2.75) is 44.8 Å². The zero-order chi connectivity index (χ0) is 20.8. The number of H-pyrrole nitrogens is 1. The number of aromatic amines is 1. The van der Waals surface area contributed by atoms with Gasteiger partial charge in [-0.25, -0.2) is 9.37 Å². The largest absolute Gasteiger partial charge is 0.496 e. The van der Waals surface area contributed by atoms with Crippen LogP contribution in [0, 0.1) is 5.82 Å². The Labute approximate surface area is 170 Å². The summed E-state index contributed by atoms with van der Waals surface area (Å²) in [6.07, 6.45) is 2.99. The number of benzene rings is 1. The summed E-state index contributed by atoms with van der Waals surface area (Å²) in [5.41, 5.74) is 2.09. The summed E-state index contributed by atoms with van der Waals surface area (Å²) >= 11 is 0. The molecule has 2 aromatic heterocycles. The molecular weight excluding hydrogens is 369 g/mol. The quantitative estimate of drug-likeness (QED) is 0.685. The first-order valence-electron chi connectivity index (χ1n) is 10.0. The van der Waals surface area contributed by atoms with E-state index in [1.807, 2.05) is 12.1 Å². The summed E-state index contributed by atoms with van der Waals surface area (Å²) in [6, 6.07) is 8.28. The van der Waals surface area contributed by atoms with Gasteiger partial charge < -0.3 is 14.8 Å². The zero-order valence-electron chi connectivity index (χ0n) is 17.4. The van der Waals surface area contributed by atoms with Crippen LogP contribution in [0.15, 0.2) is 36.5 Å². The Morgan fingerprint density at radius 1 is 1.14 bits per heavy atom. The van der Waals surface area contributed by atoms with E-state index >= 15 is 0 Å². The van der Waals surface area contributed by atoms with E-state index in [1.54, 1.807) is 19.4 Å². The highest BCUT2D eigenvalue weighted by Gasteiger charge is 2.38. The maximum atomic E-state index is 13.9. The van der Waals surface area contributed by atoms with E-state index in [0.29, 0.717) is 29.8 Å². The number of pyridine rings is 1. The van der Waals surface area contributed by atoms with Crippen LogP contribution in [-0.2, 0) is 5.60 Å². The first-order valence-corrected chi connectivity index (χ1v) is 10.0. The number of rotatable bonds is 3. The molecule has 3 aromatic rings. The van der Waals surface area contributed by atoms with Crippen molar-refractivity contribution in [3.05, 3.63) is 48.0 Å². The molecule has 1 aliphatic rings. The lowest BCUT2D eigenvalue weighted by Crippen LogP contribution is -2.50. The lowest BCUT2D eigenvalue weighted by Gasteiger charge is -2.44. The zero-order valence-corrected chi connectivity index (χ0v) is 17.4. The number of aromatic nitrogens is 2. The number of nitrogens with one attached hydrogen (secondary N) is 1. The fourth-order valence-corrected chi connectivity index (χ4v) is 4.22. The first kappa shape index (κ1) is 19.9. The number of fused-ring (bicyclic) bond motifs is 1. The van der Waals surface area contributed by atoms with Crippen molar-refractivity contribution in [3.8, 4) is 16.9 Å². The van der Waals surface area contributed by atoms with Crippen LogP contribution >= 0.6 is 0 Å². The van der Waals surface area contributed by atoms with Crippen LogP contribution in [0.1, 0.15) is 39.3 Å². The molecule has 0 radical (unpaired) electrons. The molecule has 0 bridgehead atoms. The maximum Gasteiger partial charge on any atom is 0.138 e. The molecule has 0 spiro atoms. The fourth-order valence-electron chi connectivity index (χ4n) is 4.22. The molecule has 154 valence electrons. The van der Waals surface area contributed by atoms with Crippen LogP contribution in [0.4, 0.5) is 4.39 Å². The average Bonchev–Trinajstić information content (AvgIpc) is 3.13. The molecule has 29 heavy (non-hydrogen) atoms. The van der Waals surface area contributed by atoms with Gasteiger partial charge in [-0.3, -0.25) is 4.90 Å². The van der Waals surface area contributed by atoms with Gasteiger partial charge in [0, 0.05) is 41.5 Å². The molecule has 0 amide bonds. The van der Waals surface area contributed by atoms with E-state index in [-0.39, 0.29) is 11.4 Å². The second-order valence-corrected chi connectivity index (χ2v) is 8.84. The Morgan fingerprint density at radius 2 is 1.86 bits per heavy atom. The number of hydrogen-bond donors (Lipinski definition) is 2. The molecule has 5 nitrogen and oxygen atoms in total. The third kappa shape index (κ3) is 3.63. The molecule has 1 aliphatic heterocycles. The van der Waals surface area contributed by atoms with Gasteiger partial charge in [0.05, 0.1) is 7.11 Å². The Balaban J connectivity index is 1.73. The summed E-state index contributed by atoms with van der Waals surface area (Å²) in [6.45, 7) is 8.25. The molecule has 0 saturated carbocycles. The van der Waals surface area contributed by atoms with E-state index in [1.165, 1.54) is 12.1 Å². The molecule has 6 heteroatoms. The Hall–Kier alpha value is -2.44. The van der Waals surface area contributed by atoms with Crippen molar-refractivity contribution in [2.75, 3.05) is 20.2 Å². The van der Waals surface area contributed by atoms with Gasteiger partial charge in [0.2, 0.25) is 0 Å². The predicted octanol–water partition coefficient (Wildman–Crippen LogP) is 4.46. The highest BCUT2D eigenvalue weighted by molar-refractivity contribution is 5.95. The van der Waals surface area contributed by atoms with Crippen LogP contribution in [0.2, 0.25) is 0 Å². The molecule has 0 atom stereocenters. The minimum Gasteiger partial charge on any atom is -0.496 e. The number of aliphatic hydroxyl groups is 1. The first-order chi connectivity index (χ1) is 13.7. The van der Waals surface area contributed by atoms with Crippen LogP contribution in [0.25, 0.3) is 22.2 Å². The molecule has 0 aliphatic carbocycles. The maximum absolute atomic E-state index is 13.9. The van der Waals surface area contributed by atoms with Crippen LogP contribution < -0.4 is 4.74 Å². The van der Waals surface area contributed by atoms with Crippen LogP contribution in [0.3, 0.4) is 0 Å². The number of methoxy groups -OCH3 is 1. The van der Waals surface area contributed by atoms with E-state index in [4.69, 9.17) is 4.74 Å². The monoisotopic (exact) mass is 397 g/mol. The topological polar surface area (TPSA) is 61.4 Å². The van der Waals surface area contributed by atoms with Gasteiger partial charge in [-0.2, -0.15) is 0 Å². The minimum atomic E-state index is -0.925. The normalized spacial score (nSPS) is 17.6. The molecule has 1 saturated heterocycles. The third-order valence-electron chi connectivity index (χ3n) is 6.02.